The van der Waals surface area contributed by atoms with Crippen LogP contribution in [0.4, 0.5) is 0 Å². The topological polar surface area (TPSA) is 52.3 Å². The first-order chi connectivity index (χ1) is 6.61. The Morgan fingerprint density at radius 3 is 2.57 bits per heavy atom. The third kappa shape index (κ3) is 5.97. The first kappa shape index (κ1) is 13.4. The van der Waals surface area contributed by atoms with Crippen molar-refractivity contribution in [2.24, 2.45) is 11.7 Å². The van der Waals surface area contributed by atoms with Gasteiger partial charge in [0.1, 0.15) is 0 Å². The van der Waals surface area contributed by atoms with Crippen LogP contribution in [0.3, 0.4) is 0 Å². The predicted molar refractivity (Wildman–Crippen MR) is 57.9 cm³/mol. The Hall–Kier alpha value is -0.570. The lowest BCUT2D eigenvalue weighted by Gasteiger charge is -2.18. The van der Waals surface area contributed by atoms with Gasteiger partial charge in [0.05, 0.1) is 13.0 Å². The molecule has 0 unspecified atom stereocenters. The molecule has 0 bridgehead atoms. The molecular weight excluding hydrogens is 178 g/mol. The molecule has 0 aromatic rings. The normalized spacial score (nSPS) is 14.9. The molecule has 2 atom stereocenters. The Balaban J connectivity index is 3.70. The molecule has 2 N–H and O–H groups in total. The monoisotopic (exact) mass is 201 g/mol. The highest BCUT2D eigenvalue weighted by Crippen LogP contribution is 2.13. The van der Waals surface area contributed by atoms with Crippen molar-refractivity contribution in [1.82, 2.24) is 0 Å². The van der Waals surface area contributed by atoms with Crippen molar-refractivity contribution in [3.8, 4) is 0 Å². The zero-order valence-corrected chi connectivity index (χ0v) is 9.58. The molecule has 3 nitrogen and oxygen atoms in total. The van der Waals surface area contributed by atoms with Gasteiger partial charge in [0.15, 0.2) is 0 Å². The Kier molecular flexibility index (Phi) is 7.48. The van der Waals surface area contributed by atoms with Crippen LogP contribution in [0, 0.1) is 5.92 Å². The third-order valence-electron chi connectivity index (χ3n) is 2.45. The van der Waals surface area contributed by atoms with Crippen LogP contribution in [0.15, 0.2) is 0 Å². The van der Waals surface area contributed by atoms with Crippen molar-refractivity contribution < 1.29 is 9.53 Å². The van der Waals surface area contributed by atoms with Crippen molar-refractivity contribution in [2.75, 3.05) is 6.61 Å². The van der Waals surface area contributed by atoms with Gasteiger partial charge in [0.25, 0.3) is 0 Å². The highest BCUT2D eigenvalue weighted by Gasteiger charge is 2.16. The molecule has 0 radical (unpaired) electrons. The average Bonchev–Trinajstić information content (AvgIpc) is 2.14. The van der Waals surface area contributed by atoms with E-state index in [-0.39, 0.29) is 12.0 Å². The number of carbonyl (C=O) groups is 1. The molecule has 0 saturated carbocycles. The minimum absolute atomic E-state index is 0.0550. The number of hydrogen-bond acceptors (Lipinski definition) is 3. The summed E-state index contributed by atoms with van der Waals surface area (Å²) in [7, 11) is 0. The van der Waals surface area contributed by atoms with Gasteiger partial charge in [-0.2, -0.15) is 0 Å². The van der Waals surface area contributed by atoms with Crippen LogP contribution in [0.2, 0.25) is 0 Å². The molecular formula is C11H23NO2. The minimum atomic E-state index is -0.177. The molecule has 0 rings (SSSR count). The molecule has 0 heterocycles. The molecule has 0 aliphatic rings. The van der Waals surface area contributed by atoms with E-state index in [1.807, 2.05) is 6.92 Å². The van der Waals surface area contributed by atoms with Gasteiger partial charge < -0.3 is 10.5 Å². The van der Waals surface area contributed by atoms with Gasteiger partial charge >= 0.3 is 5.97 Å². The summed E-state index contributed by atoms with van der Waals surface area (Å²) >= 11 is 0. The van der Waals surface area contributed by atoms with Gasteiger partial charge in [0.2, 0.25) is 0 Å². The fraction of sp³-hybridized carbons (Fsp3) is 0.909. The number of unbranched alkanes of at least 4 members (excludes halogenated alkanes) is 1. The largest absolute Gasteiger partial charge is 0.466 e. The molecule has 0 saturated heterocycles. The highest BCUT2D eigenvalue weighted by atomic mass is 16.5. The van der Waals surface area contributed by atoms with Crippen molar-refractivity contribution in [3.63, 3.8) is 0 Å². The van der Waals surface area contributed by atoms with Crippen molar-refractivity contribution >= 4 is 5.97 Å². The lowest BCUT2D eigenvalue weighted by molar-refractivity contribution is -0.143. The summed E-state index contributed by atoms with van der Waals surface area (Å²) in [6.07, 6.45) is 3.80. The van der Waals surface area contributed by atoms with Gasteiger partial charge in [-0.25, -0.2) is 0 Å². The molecule has 0 fully saturated rings. The molecule has 84 valence electrons. The first-order valence-electron chi connectivity index (χ1n) is 5.53. The minimum Gasteiger partial charge on any atom is -0.466 e. The Morgan fingerprint density at radius 2 is 2.07 bits per heavy atom. The SMILES string of the molecule is CCCC[C@H](C)[C@@H](N)CC(=O)OCC. The second-order valence-corrected chi connectivity index (χ2v) is 3.79. The average molecular weight is 201 g/mol. The third-order valence-corrected chi connectivity index (χ3v) is 2.45. The maximum atomic E-state index is 11.1. The number of rotatable bonds is 7. The second-order valence-electron chi connectivity index (χ2n) is 3.79. The molecule has 0 spiro atoms. The van der Waals surface area contributed by atoms with Gasteiger partial charge in [-0.1, -0.05) is 26.7 Å². The molecule has 0 aliphatic heterocycles. The van der Waals surface area contributed by atoms with Crippen LogP contribution in [0.5, 0.6) is 0 Å². The summed E-state index contributed by atoms with van der Waals surface area (Å²) in [5, 5.41) is 0. The first-order valence-corrected chi connectivity index (χ1v) is 5.53. The summed E-state index contributed by atoms with van der Waals surface area (Å²) < 4.78 is 4.85. The summed E-state index contributed by atoms with van der Waals surface area (Å²) in [6.45, 7) is 6.50. The van der Waals surface area contributed by atoms with Crippen LogP contribution in [0.1, 0.15) is 46.5 Å². The Bertz CT molecular complexity index is 159. The summed E-state index contributed by atoms with van der Waals surface area (Å²) in [5.41, 5.74) is 5.89. The summed E-state index contributed by atoms with van der Waals surface area (Å²) in [5.74, 6) is 0.225. The summed E-state index contributed by atoms with van der Waals surface area (Å²) in [6, 6.07) is -0.0550. The fourth-order valence-electron chi connectivity index (χ4n) is 1.35. The fourth-order valence-corrected chi connectivity index (χ4v) is 1.35. The van der Waals surface area contributed by atoms with Gasteiger partial charge in [-0.3, -0.25) is 4.79 Å². The quantitative estimate of drug-likeness (QED) is 0.642. The van der Waals surface area contributed by atoms with Gasteiger partial charge in [0, 0.05) is 6.04 Å². The van der Waals surface area contributed by atoms with E-state index in [9.17, 15) is 4.79 Å². The van der Waals surface area contributed by atoms with Gasteiger partial charge in [-0.05, 0) is 19.3 Å². The summed E-state index contributed by atoms with van der Waals surface area (Å²) in [4.78, 5) is 11.1. The van der Waals surface area contributed by atoms with E-state index in [1.54, 1.807) is 0 Å². The maximum Gasteiger partial charge on any atom is 0.307 e. The Labute approximate surface area is 87.0 Å². The van der Waals surface area contributed by atoms with Gasteiger partial charge in [-0.15, -0.1) is 0 Å². The number of esters is 1. The van der Waals surface area contributed by atoms with E-state index >= 15 is 0 Å². The zero-order valence-electron chi connectivity index (χ0n) is 9.58. The highest BCUT2D eigenvalue weighted by molar-refractivity contribution is 5.70. The molecule has 0 amide bonds. The number of nitrogens with two attached hydrogens (primary N) is 1. The smallest absolute Gasteiger partial charge is 0.307 e. The van der Waals surface area contributed by atoms with E-state index in [4.69, 9.17) is 10.5 Å². The van der Waals surface area contributed by atoms with Crippen LogP contribution >= 0.6 is 0 Å². The maximum absolute atomic E-state index is 11.1. The predicted octanol–water partition coefficient (Wildman–Crippen LogP) is 2.09. The van der Waals surface area contributed by atoms with Crippen LogP contribution < -0.4 is 5.73 Å². The Morgan fingerprint density at radius 1 is 1.43 bits per heavy atom. The zero-order chi connectivity index (χ0) is 11.0. The number of ether oxygens (including phenoxy) is 1. The number of hydrogen-bond donors (Lipinski definition) is 1. The van der Waals surface area contributed by atoms with E-state index in [1.165, 1.54) is 12.8 Å². The molecule has 14 heavy (non-hydrogen) atoms. The van der Waals surface area contributed by atoms with Crippen LogP contribution in [-0.2, 0) is 9.53 Å². The van der Waals surface area contributed by atoms with E-state index in [2.05, 4.69) is 13.8 Å². The molecule has 0 aliphatic carbocycles. The standard InChI is InChI=1S/C11H23NO2/c1-4-6-7-9(3)10(12)8-11(13)14-5-2/h9-10H,4-8,12H2,1-3H3/t9-,10-/m0/s1. The number of carbonyl (C=O) groups excluding carboxylic acids is 1. The van der Waals surface area contributed by atoms with Crippen LogP contribution in [0.25, 0.3) is 0 Å². The van der Waals surface area contributed by atoms with E-state index in [0.29, 0.717) is 18.9 Å². The second kappa shape index (κ2) is 7.80. The molecule has 0 aromatic heterocycles. The molecule has 0 aromatic carbocycles. The lowest BCUT2D eigenvalue weighted by Crippen LogP contribution is -2.31. The van der Waals surface area contributed by atoms with Crippen LogP contribution in [-0.4, -0.2) is 18.6 Å². The van der Waals surface area contributed by atoms with E-state index < -0.39 is 0 Å². The van der Waals surface area contributed by atoms with Crippen molar-refractivity contribution in [2.45, 2.75) is 52.5 Å². The molecule has 3 heteroatoms. The lowest BCUT2D eigenvalue weighted by atomic mass is 9.94. The van der Waals surface area contributed by atoms with E-state index in [0.717, 1.165) is 6.42 Å². The van der Waals surface area contributed by atoms with Crippen molar-refractivity contribution in [3.05, 3.63) is 0 Å². The van der Waals surface area contributed by atoms with Crippen molar-refractivity contribution in [1.29, 1.82) is 0 Å².